The molecule has 3 atom stereocenters. The van der Waals surface area contributed by atoms with Crippen molar-refractivity contribution < 1.29 is 27.9 Å². The zero-order chi connectivity index (χ0) is 19.5. The van der Waals surface area contributed by atoms with Gasteiger partial charge in [-0.3, -0.25) is 9.59 Å². The Kier molecular flexibility index (Phi) is 6.62. The van der Waals surface area contributed by atoms with Gasteiger partial charge in [0.15, 0.2) is 6.10 Å². The topological polar surface area (TPSA) is 122 Å². The van der Waals surface area contributed by atoms with Gasteiger partial charge in [-0.15, -0.1) is 0 Å². The molecule has 8 nitrogen and oxygen atoms in total. The Bertz CT molecular complexity index is 761. The molecule has 0 heterocycles. The molecule has 2 rings (SSSR count). The summed E-state index contributed by atoms with van der Waals surface area (Å²) in [5, 5.41) is 12.8. The Morgan fingerprint density at radius 3 is 2.31 bits per heavy atom. The minimum absolute atomic E-state index is 0.0969. The number of sulfonamides is 1. The van der Waals surface area contributed by atoms with Crippen LogP contribution in [0.4, 0.5) is 0 Å². The van der Waals surface area contributed by atoms with E-state index in [1.807, 2.05) is 0 Å². The molecule has 0 aromatic heterocycles. The predicted octanol–water partition coefficient (Wildman–Crippen LogP) is 0.578. The molecule has 0 radical (unpaired) electrons. The first kappa shape index (κ1) is 20.6. The van der Waals surface area contributed by atoms with Gasteiger partial charge < -0.3 is 15.2 Å². The number of carbonyl (C=O) groups excluding carboxylic acids is 2. The summed E-state index contributed by atoms with van der Waals surface area (Å²) in [6.07, 6.45) is -0.722. The fourth-order valence-corrected chi connectivity index (χ4v) is 3.42. The second-order valence-electron chi connectivity index (χ2n) is 6.16. The molecule has 1 fully saturated rings. The number of hydrogen-bond acceptors (Lipinski definition) is 6. The van der Waals surface area contributed by atoms with Crippen LogP contribution in [0.25, 0.3) is 0 Å². The smallest absolute Gasteiger partial charge is 0.327 e. The Morgan fingerprint density at radius 2 is 1.81 bits per heavy atom. The van der Waals surface area contributed by atoms with Crippen molar-refractivity contribution >= 4 is 33.5 Å². The first-order valence-corrected chi connectivity index (χ1v) is 9.93. The van der Waals surface area contributed by atoms with Gasteiger partial charge >= 0.3 is 5.97 Å². The predicted molar refractivity (Wildman–Crippen MR) is 94.0 cm³/mol. The molecule has 1 aliphatic rings. The number of rotatable bonds is 8. The number of benzene rings is 1. The van der Waals surface area contributed by atoms with Crippen LogP contribution in [0.5, 0.6) is 0 Å². The van der Waals surface area contributed by atoms with Crippen molar-refractivity contribution in [1.29, 1.82) is 0 Å². The van der Waals surface area contributed by atoms with Crippen LogP contribution in [0.15, 0.2) is 29.2 Å². The SMILES string of the molecule is C[C@H](OC(=O)[C@@H](NS(=O)(=O)c1ccc(Cl)cc1)[C@H](C)O)C(=O)NC1CC1. The maximum absolute atomic E-state index is 12.4. The van der Waals surface area contributed by atoms with Crippen molar-refractivity contribution in [2.75, 3.05) is 0 Å². The van der Waals surface area contributed by atoms with Gasteiger partial charge in [-0.05, 0) is 51.0 Å². The number of ether oxygens (including phenoxy) is 1. The largest absolute Gasteiger partial charge is 0.451 e. The van der Waals surface area contributed by atoms with Crippen LogP contribution in [-0.4, -0.2) is 49.7 Å². The Hall–Kier alpha value is -1.68. The van der Waals surface area contributed by atoms with E-state index >= 15 is 0 Å². The molecular formula is C16H21ClN2O6S. The van der Waals surface area contributed by atoms with Crippen LogP contribution in [0.2, 0.25) is 5.02 Å². The summed E-state index contributed by atoms with van der Waals surface area (Å²) in [6, 6.07) is 3.83. The maximum atomic E-state index is 12.4. The van der Waals surface area contributed by atoms with E-state index in [2.05, 4.69) is 10.0 Å². The number of esters is 1. The molecule has 1 aromatic rings. The van der Waals surface area contributed by atoms with Gasteiger partial charge in [0.25, 0.3) is 5.91 Å². The summed E-state index contributed by atoms with van der Waals surface area (Å²) in [7, 11) is -4.10. The van der Waals surface area contributed by atoms with E-state index in [4.69, 9.17) is 16.3 Å². The molecular weight excluding hydrogens is 384 g/mol. The lowest BCUT2D eigenvalue weighted by Crippen LogP contribution is -2.50. The quantitative estimate of drug-likeness (QED) is 0.545. The van der Waals surface area contributed by atoms with Gasteiger partial charge in [-0.2, -0.15) is 4.72 Å². The molecule has 0 unspecified atom stereocenters. The number of halogens is 1. The summed E-state index contributed by atoms with van der Waals surface area (Å²) < 4.78 is 31.9. The third-order valence-corrected chi connectivity index (χ3v) is 5.44. The van der Waals surface area contributed by atoms with Gasteiger partial charge in [0, 0.05) is 11.1 Å². The molecule has 0 saturated heterocycles. The lowest BCUT2D eigenvalue weighted by Gasteiger charge is -2.22. The first-order chi connectivity index (χ1) is 12.1. The Balaban J connectivity index is 2.05. The van der Waals surface area contributed by atoms with Crippen molar-refractivity contribution in [2.24, 2.45) is 0 Å². The highest BCUT2D eigenvalue weighted by Gasteiger charge is 2.34. The van der Waals surface area contributed by atoms with E-state index in [1.165, 1.54) is 38.1 Å². The van der Waals surface area contributed by atoms with Crippen molar-refractivity contribution in [1.82, 2.24) is 10.0 Å². The number of amides is 1. The first-order valence-electron chi connectivity index (χ1n) is 8.07. The van der Waals surface area contributed by atoms with Gasteiger partial charge in [0.05, 0.1) is 11.0 Å². The van der Waals surface area contributed by atoms with Gasteiger partial charge in [0.2, 0.25) is 10.0 Å². The number of hydrogen-bond donors (Lipinski definition) is 3. The highest BCUT2D eigenvalue weighted by Crippen LogP contribution is 2.19. The zero-order valence-electron chi connectivity index (χ0n) is 14.3. The Labute approximate surface area is 156 Å². The van der Waals surface area contributed by atoms with Crippen LogP contribution in [-0.2, 0) is 24.3 Å². The lowest BCUT2D eigenvalue weighted by molar-refractivity contribution is -0.158. The van der Waals surface area contributed by atoms with Crippen molar-refractivity contribution in [3.05, 3.63) is 29.3 Å². The van der Waals surface area contributed by atoms with E-state index in [1.54, 1.807) is 0 Å². The third-order valence-electron chi connectivity index (χ3n) is 3.73. The summed E-state index contributed by atoms with van der Waals surface area (Å²) in [5.41, 5.74) is 0. The molecule has 1 aromatic carbocycles. The number of aliphatic hydroxyl groups is 1. The van der Waals surface area contributed by atoms with Gasteiger partial charge in [-0.25, -0.2) is 8.42 Å². The molecule has 144 valence electrons. The average molecular weight is 405 g/mol. The van der Waals surface area contributed by atoms with Crippen LogP contribution in [0, 0.1) is 0 Å². The fourth-order valence-electron chi connectivity index (χ4n) is 2.04. The molecule has 1 amide bonds. The monoisotopic (exact) mass is 404 g/mol. The molecule has 1 aliphatic carbocycles. The maximum Gasteiger partial charge on any atom is 0.327 e. The number of aliphatic hydroxyl groups excluding tert-OH is 1. The number of carbonyl (C=O) groups is 2. The van der Waals surface area contributed by atoms with E-state index in [0.717, 1.165) is 12.8 Å². The van der Waals surface area contributed by atoms with Gasteiger partial charge in [0.1, 0.15) is 6.04 Å². The minimum atomic E-state index is -4.10. The molecule has 0 bridgehead atoms. The molecule has 26 heavy (non-hydrogen) atoms. The second kappa shape index (κ2) is 8.34. The van der Waals surface area contributed by atoms with Gasteiger partial charge in [-0.1, -0.05) is 11.6 Å². The van der Waals surface area contributed by atoms with Crippen LogP contribution in [0.3, 0.4) is 0 Å². The highest BCUT2D eigenvalue weighted by atomic mass is 35.5. The number of nitrogens with one attached hydrogen (secondary N) is 2. The van der Waals surface area contributed by atoms with E-state index in [-0.39, 0.29) is 10.9 Å². The standard InChI is InChI=1S/C16H21ClN2O6S/c1-9(20)14(16(22)25-10(2)15(21)18-12-5-6-12)19-26(23,24)13-7-3-11(17)4-8-13/h3-4,7-10,12,14,19-20H,5-6H2,1-2H3,(H,18,21)/t9-,10-,14-/m0/s1. The molecule has 0 spiro atoms. The lowest BCUT2D eigenvalue weighted by atomic mass is 10.2. The average Bonchev–Trinajstić information content (AvgIpc) is 3.36. The third kappa shape index (κ3) is 5.66. The van der Waals surface area contributed by atoms with Crippen LogP contribution >= 0.6 is 11.6 Å². The molecule has 0 aliphatic heterocycles. The summed E-state index contributed by atoms with van der Waals surface area (Å²) in [6.45, 7) is 2.62. The highest BCUT2D eigenvalue weighted by molar-refractivity contribution is 7.89. The summed E-state index contributed by atoms with van der Waals surface area (Å²) >= 11 is 5.73. The van der Waals surface area contributed by atoms with Crippen LogP contribution < -0.4 is 10.0 Å². The molecule has 1 saturated carbocycles. The normalized spacial score (nSPS) is 17.8. The van der Waals surface area contributed by atoms with Crippen molar-refractivity contribution in [3.63, 3.8) is 0 Å². The second-order valence-corrected chi connectivity index (χ2v) is 8.31. The zero-order valence-corrected chi connectivity index (χ0v) is 15.9. The van der Waals surface area contributed by atoms with E-state index < -0.39 is 40.1 Å². The summed E-state index contributed by atoms with van der Waals surface area (Å²) in [4.78, 5) is 24.0. The summed E-state index contributed by atoms with van der Waals surface area (Å²) in [5.74, 6) is -1.51. The van der Waals surface area contributed by atoms with Crippen molar-refractivity contribution in [3.8, 4) is 0 Å². The molecule has 3 N–H and O–H groups in total. The van der Waals surface area contributed by atoms with Crippen LogP contribution in [0.1, 0.15) is 26.7 Å². The molecule has 10 heteroatoms. The van der Waals surface area contributed by atoms with Crippen molar-refractivity contribution in [2.45, 2.75) is 55.9 Å². The van der Waals surface area contributed by atoms with E-state index in [0.29, 0.717) is 5.02 Å². The fraction of sp³-hybridized carbons (Fsp3) is 0.500. The Morgan fingerprint density at radius 1 is 1.23 bits per heavy atom. The van der Waals surface area contributed by atoms with E-state index in [9.17, 15) is 23.1 Å². The minimum Gasteiger partial charge on any atom is -0.451 e.